The number of unbranched alkanes of at least 4 members (excludes halogenated alkanes) is 8. The highest BCUT2D eigenvalue weighted by Gasteiger charge is 2.09. The van der Waals surface area contributed by atoms with Crippen molar-refractivity contribution in [2.75, 3.05) is 0 Å². The zero-order valence-corrected chi connectivity index (χ0v) is 15.1. The summed E-state index contributed by atoms with van der Waals surface area (Å²) in [5, 5.41) is 0. The van der Waals surface area contributed by atoms with Crippen molar-refractivity contribution in [3.8, 4) is 0 Å². The first kappa shape index (κ1) is 20.7. The minimum atomic E-state index is 0.361. The fourth-order valence-electron chi connectivity index (χ4n) is 3.15. The Balaban J connectivity index is 3.77. The van der Waals surface area contributed by atoms with Gasteiger partial charge in [0.25, 0.3) is 0 Å². The topological polar surface area (TPSA) is 17.1 Å². The molecule has 1 nitrogen and oxygen atoms in total. The van der Waals surface area contributed by atoms with Gasteiger partial charge in [-0.3, -0.25) is 0 Å². The molecule has 0 aromatic carbocycles. The van der Waals surface area contributed by atoms with Gasteiger partial charge in [0.05, 0.1) is 0 Å². The van der Waals surface area contributed by atoms with Crippen molar-refractivity contribution in [2.24, 2.45) is 5.92 Å². The van der Waals surface area contributed by atoms with Crippen molar-refractivity contribution < 1.29 is 4.79 Å². The van der Waals surface area contributed by atoms with Crippen molar-refractivity contribution in [2.45, 2.75) is 117 Å². The van der Waals surface area contributed by atoms with Crippen LogP contribution < -0.4 is 0 Å². The Labute approximate surface area is 134 Å². The van der Waals surface area contributed by atoms with E-state index in [0.29, 0.717) is 5.78 Å². The van der Waals surface area contributed by atoms with E-state index in [-0.39, 0.29) is 0 Å². The maximum atomic E-state index is 11.1. The molecular formula is C20H40O. The van der Waals surface area contributed by atoms with E-state index < -0.39 is 0 Å². The molecule has 0 aliphatic rings. The number of hydrogen-bond acceptors (Lipinski definition) is 1. The Morgan fingerprint density at radius 1 is 0.667 bits per heavy atom. The van der Waals surface area contributed by atoms with Crippen LogP contribution in [0, 0.1) is 5.92 Å². The minimum absolute atomic E-state index is 0.361. The van der Waals surface area contributed by atoms with E-state index in [4.69, 9.17) is 0 Å². The van der Waals surface area contributed by atoms with Crippen molar-refractivity contribution in [3.63, 3.8) is 0 Å². The minimum Gasteiger partial charge on any atom is -0.300 e. The Kier molecular flexibility index (Phi) is 15.8. The van der Waals surface area contributed by atoms with E-state index in [2.05, 4.69) is 13.8 Å². The summed E-state index contributed by atoms with van der Waals surface area (Å²) in [7, 11) is 0. The molecule has 0 aliphatic carbocycles. The van der Waals surface area contributed by atoms with Crippen LogP contribution in [0.5, 0.6) is 0 Å². The second-order valence-electron chi connectivity index (χ2n) is 6.87. The second-order valence-corrected chi connectivity index (χ2v) is 6.87. The molecule has 0 saturated carbocycles. The zero-order chi connectivity index (χ0) is 15.8. The molecule has 0 N–H and O–H groups in total. The summed E-state index contributed by atoms with van der Waals surface area (Å²) in [6.07, 6.45) is 19.9. The van der Waals surface area contributed by atoms with Crippen LogP contribution in [0.15, 0.2) is 0 Å². The Morgan fingerprint density at radius 2 is 1.10 bits per heavy atom. The fourth-order valence-corrected chi connectivity index (χ4v) is 3.15. The lowest BCUT2D eigenvalue weighted by Gasteiger charge is -2.16. The molecule has 0 aliphatic heterocycles. The van der Waals surface area contributed by atoms with Crippen LogP contribution in [0.1, 0.15) is 117 Å². The van der Waals surface area contributed by atoms with Gasteiger partial charge in [-0.25, -0.2) is 0 Å². The Bertz CT molecular complexity index is 208. The van der Waals surface area contributed by atoms with E-state index in [0.717, 1.165) is 18.8 Å². The Morgan fingerprint density at radius 3 is 1.52 bits per heavy atom. The van der Waals surface area contributed by atoms with Gasteiger partial charge >= 0.3 is 0 Å². The van der Waals surface area contributed by atoms with Gasteiger partial charge in [0.1, 0.15) is 5.78 Å². The van der Waals surface area contributed by atoms with Crippen LogP contribution in [-0.4, -0.2) is 5.78 Å². The van der Waals surface area contributed by atoms with E-state index in [1.165, 1.54) is 83.5 Å². The number of ketones is 1. The first-order valence-electron chi connectivity index (χ1n) is 9.70. The number of Topliss-reactive ketones (excluding diaryl/α,β-unsaturated/α-hetero) is 1. The SMILES string of the molecule is CCCCCCCC(CCCCCCC)CCCC(C)=O. The van der Waals surface area contributed by atoms with Gasteiger partial charge < -0.3 is 4.79 Å². The predicted octanol–water partition coefficient (Wildman–Crippen LogP) is 7.08. The van der Waals surface area contributed by atoms with Gasteiger partial charge in [0.15, 0.2) is 0 Å². The van der Waals surface area contributed by atoms with Crippen LogP contribution in [0.25, 0.3) is 0 Å². The van der Waals surface area contributed by atoms with Crippen LogP contribution in [0.2, 0.25) is 0 Å². The lowest BCUT2D eigenvalue weighted by molar-refractivity contribution is -0.117. The van der Waals surface area contributed by atoms with E-state index in [1.54, 1.807) is 6.92 Å². The van der Waals surface area contributed by atoms with Crippen LogP contribution in [0.3, 0.4) is 0 Å². The van der Waals surface area contributed by atoms with Crippen molar-refractivity contribution in [1.29, 1.82) is 0 Å². The van der Waals surface area contributed by atoms with Crippen molar-refractivity contribution in [3.05, 3.63) is 0 Å². The summed E-state index contributed by atoms with van der Waals surface area (Å²) in [6, 6.07) is 0. The zero-order valence-electron chi connectivity index (χ0n) is 15.1. The van der Waals surface area contributed by atoms with E-state index >= 15 is 0 Å². The van der Waals surface area contributed by atoms with E-state index in [9.17, 15) is 4.79 Å². The molecular weight excluding hydrogens is 256 g/mol. The van der Waals surface area contributed by atoms with Gasteiger partial charge in [-0.15, -0.1) is 0 Å². The number of hydrogen-bond donors (Lipinski definition) is 0. The monoisotopic (exact) mass is 296 g/mol. The summed E-state index contributed by atoms with van der Waals surface area (Å²) in [4.78, 5) is 11.1. The van der Waals surface area contributed by atoms with Gasteiger partial charge in [-0.2, -0.15) is 0 Å². The highest BCUT2D eigenvalue weighted by molar-refractivity contribution is 5.75. The predicted molar refractivity (Wildman–Crippen MR) is 94.8 cm³/mol. The fraction of sp³-hybridized carbons (Fsp3) is 0.950. The third-order valence-corrected chi connectivity index (χ3v) is 4.57. The number of carbonyl (C=O) groups excluding carboxylic acids is 1. The molecule has 0 spiro atoms. The lowest BCUT2D eigenvalue weighted by atomic mass is 9.89. The third-order valence-electron chi connectivity index (χ3n) is 4.57. The highest BCUT2D eigenvalue weighted by Crippen LogP contribution is 2.23. The average Bonchev–Trinajstić information content (AvgIpc) is 2.45. The summed E-state index contributed by atoms with van der Waals surface area (Å²) < 4.78 is 0. The third kappa shape index (κ3) is 15.9. The number of carbonyl (C=O) groups is 1. The summed E-state index contributed by atoms with van der Waals surface area (Å²) >= 11 is 0. The summed E-state index contributed by atoms with van der Waals surface area (Å²) in [6.45, 7) is 6.28. The van der Waals surface area contributed by atoms with Gasteiger partial charge in [0, 0.05) is 6.42 Å². The first-order chi connectivity index (χ1) is 10.2. The van der Waals surface area contributed by atoms with Gasteiger partial charge in [-0.05, 0) is 19.3 Å². The summed E-state index contributed by atoms with van der Waals surface area (Å²) in [5.74, 6) is 1.24. The molecule has 0 amide bonds. The molecule has 126 valence electrons. The highest BCUT2D eigenvalue weighted by atomic mass is 16.1. The normalized spacial score (nSPS) is 11.2. The molecule has 0 heterocycles. The largest absolute Gasteiger partial charge is 0.300 e. The second kappa shape index (κ2) is 16.0. The first-order valence-corrected chi connectivity index (χ1v) is 9.70. The molecule has 0 fully saturated rings. The molecule has 0 rings (SSSR count). The average molecular weight is 297 g/mol. The molecule has 0 aromatic heterocycles. The molecule has 0 bridgehead atoms. The Hall–Kier alpha value is -0.330. The molecule has 1 heteroatoms. The van der Waals surface area contributed by atoms with Crippen LogP contribution >= 0.6 is 0 Å². The van der Waals surface area contributed by atoms with Crippen molar-refractivity contribution >= 4 is 5.78 Å². The smallest absolute Gasteiger partial charge is 0.129 e. The maximum absolute atomic E-state index is 11.1. The molecule has 0 radical (unpaired) electrons. The quantitative estimate of drug-likeness (QED) is 0.278. The van der Waals surface area contributed by atoms with E-state index in [1.807, 2.05) is 0 Å². The maximum Gasteiger partial charge on any atom is 0.129 e. The standard InChI is InChI=1S/C20H40O/c1-4-6-8-10-12-16-20(18-14-15-19(3)21)17-13-11-9-7-5-2/h20H,4-18H2,1-3H3. The van der Waals surface area contributed by atoms with Crippen molar-refractivity contribution in [1.82, 2.24) is 0 Å². The molecule has 0 aromatic rings. The van der Waals surface area contributed by atoms with Crippen LogP contribution in [-0.2, 0) is 4.79 Å². The molecule has 0 unspecified atom stereocenters. The lowest BCUT2D eigenvalue weighted by Crippen LogP contribution is -2.03. The summed E-state index contributed by atoms with van der Waals surface area (Å²) in [5.41, 5.74) is 0. The van der Waals surface area contributed by atoms with Crippen LogP contribution in [0.4, 0.5) is 0 Å². The molecule has 21 heavy (non-hydrogen) atoms. The molecule has 0 atom stereocenters. The van der Waals surface area contributed by atoms with Gasteiger partial charge in [0.2, 0.25) is 0 Å². The van der Waals surface area contributed by atoms with Gasteiger partial charge in [-0.1, -0.05) is 97.3 Å². The molecule has 0 saturated heterocycles. The number of rotatable bonds is 16.